The molecular weight excluding hydrogens is 348 g/mol. The van der Waals surface area contributed by atoms with Crippen molar-refractivity contribution < 1.29 is 9.90 Å². The second-order valence-corrected chi connectivity index (χ2v) is 6.31. The molecule has 4 nitrogen and oxygen atoms in total. The number of aliphatic imine (C=N–C) groups is 1. The third-order valence-corrected chi connectivity index (χ3v) is 4.46. The van der Waals surface area contributed by atoms with Crippen LogP contribution in [0, 0.1) is 0 Å². The van der Waals surface area contributed by atoms with Crippen LogP contribution in [-0.2, 0) is 0 Å². The predicted molar refractivity (Wildman–Crippen MR) is 114 cm³/mol. The Labute approximate surface area is 162 Å². The van der Waals surface area contributed by atoms with Crippen molar-refractivity contribution in [3.8, 4) is 5.75 Å². The third-order valence-electron chi connectivity index (χ3n) is 4.46. The summed E-state index contributed by atoms with van der Waals surface area (Å²) in [5, 5.41) is 15.1. The molecular formula is C24H18N2O2. The first kappa shape index (κ1) is 17.5. The molecule has 0 fully saturated rings. The standard InChI is InChI=1S/C24H18N2O2/c27-23-15-14-17-8-4-5-11-19(17)21(23)16-25-22-13-7-6-12-20(22)24(28)26-18-9-2-1-3-10-18/h1-16,27H,(H,26,28). The number of benzene rings is 4. The molecule has 1 amide bonds. The quantitative estimate of drug-likeness (QED) is 0.465. The van der Waals surface area contributed by atoms with E-state index in [9.17, 15) is 9.90 Å². The van der Waals surface area contributed by atoms with Gasteiger partial charge in [-0.05, 0) is 41.1 Å². The third kappa shape index (κ3) is 3.62. The van der Waals surface area contributed by atoms with Crippen LogP contribution in [0.1, 0.15) is 15.9 Å². The molecule has 0 saturated heterocycles. The summed E-state index contributed by atoms with van der Waals surface area (Å²) in [4.78, 5) is 17.2. The van der Waals surface area contributed by atoms with Gasteiger partial charge in [0.2, 0.25) is 0 Å². The van der Waals surface area contributed by atoms with E-state index in [0.29, 0.717) is 16.8 Å². The van der Waals surface area contributed by atoms with Gasteiger partial charge in [0.05, 0.1) is 11.3 Å². The number of para-hydroxylation sites is 2. The number of phenolic OH excluding ortho intramolecular Hbond substituents is 1. The second-order valence-electron chi connectivity index (χ2n) is 6.31. The first-order valence-electron chi connectivity index (χ1n) is 8.92. The fraction of sp³-hybridized carbons (Fsp3) is 0. The van der Waals surface area contributed by atoms with E-state index >= 15 is 0 Å². The van der Waals surface area contributed by atoms with Crippen LogP contribution in [0.25, 0.3) is 10.8 Å². The van der Waals surface area contributed by atoms with Gasteiger partial charge in [-0.3, -0.25) is 9.79 Å². The topological polar surface area (TPSA) is 61.7 Å². The maximum Gasteiger partial charge on any atom is 0.257 e. The monoisotopic (exact) mass is 366 g/mol. The van der Waals surface area contributed by atoms with E-state index < -0.39 is 0 Å². The van der Waals surface area contributed by atoms with Crippen molar-refractivity contribution in [2.24, 2.45) is 4.99 Å². The molecule has 2 N–H and O–H groups in total. The molecule has 0 saturated carbocycles. The highest BCUT2D eigenvalue weighted by Gasteiger charge is 2.11. The van der Waals surface area contributed by atoms with E-state index in [1.165, 1.54) is 0 Å². The Hall–Kier alpha value is -3.92. The van der Waals surface area contributed by atoms with Crippen LogP contribution >= 0.6 is 0 Å². The lowest BCUT2D eigenvalue weighted by molar-refractivity contribution is 0.102. The minimum Gasteiger partial charge on any atom is -0.507 e. The number of carbonyl (C=O) groups is 1. The van der Waals surface area contributed by atoms with Gasteiger partial charge in [-0.15, -0.1) is 0 Å². The molecule has 4 rings (SSSR count). The molecule has 4 aromatic carbocycles. The summed E-state index contributed by atoms with van der Waals surface area (Å²) < 4.78 is 0. The van der Waals surface area contributed by atoms with Crippen LogP contribution in [-0.4, -0.2) is 17.2 Å². The Morgan fingerprint density at radius 1 is 0.821 bits per heavy atom. The van der Waals surface area contributed by atoms with Gasteiger partial charge in [0.15, 0.2) is 0 Å². The smallest absolute Gasteiger partial charge is 0.257 e. The first-order valence-corrected chi connectivity index (χ1v) is 8.92. The lowest BCUT2D eigenvalue weighted by Gasteiger charge is -2.08. The fourth-order valence-electron chi connectivity index (χ4n) is 3.05. The summed E-state index contributed by atoms with van der Waals surface area (Å²) >= 11 is 0. The lowest BCUT2D eigenvalue weighted by atomic mass is 10.0. The van der Waals surface area contributed by atoms with Crippen molar-refractivity contribution in [1.82, 2.24) is 0 Å². The van der Waals surface area contributed by atoms with Gasteiger partial charge in [0, 0.05) is 17.5 Å². The molecule has 0 aliphatic rings. The van der Waals surface area contributed by atoms with Gasteiger partial charge < -0.3 is 10.4 Å². The summed E-state index contributed by atoms with van der Waals surface area (Å²) in [6.07, 6.45) is 1.60. The van der Waals surface area contributed by atoms with E-state index in [1.54, 1.807) is 30.5 Å². The van der Waals surface area contributed by atoms with Gasteiger partial charge in [-0.2, -0.15) is 0 Å². The Morgan fingerprint density at radius 2 is 1.54 bits per heavy atom. The summed E-state index contributed by atoms with van der Waals surface area (Å²) in [6.45, 7) is 0. The number of amides is 1. The molecule has 0 heterocycles. The van der Waals surface area contributed by atoms with E-state index in [4.69, 9.17) is 0 Å². The Kier molecular flexibility index (Phi) is 4.85. The number of nitrogens with zero attached hydrogens (tertiary/aromatic N) is 1. The van der Waals surface area contributed by atoms with Crippen molar-refractivity contribution in [1.29, 1.82) is 0 Å². The van der Waals surface area contributed by atoms with Gasteiger partial charge in [-0.25, -0.2) is 0 Å². The highest BCUT2D eigenvalue weighted by atomic mass is 16.3. The average molecular weight is 366 g/mol. The summed E-state index contributed by atoms with van der Waals surface area (Å²) in [5.41, 5.74) is 2.33. The largest absolute Gasteiger partial charge is 0.507 e. The van der Waals surface area contributed by atoms with Crippen LogP contribution in [0.4, 0.5) is 11.4 Å². The van der Waals surface area contributed by atoms with Crippen molar-refractivity contribution in [2.45, 2.75) is 0 Å². The van der Waals surface area contributed by atoms with E-state index in [1.807, 2.05) is 66.7 Å². The number of anilines is 1. The second kappa shape index (κ2) is 7.76. The molecule has 4 heteroatoms. The highest BCUT2D eigenvalue weighted by Crippen LogP contribution is 2.27. The Morgan fingerprint density at radius 3 is 2.39 bits per heavy atom. The maximum atomic E-state index is 12.7. The number of nitrogens with one attached hydrogen (secondary N) is 1. The number of rotatable bonds is 4. The molecule has 0 aliphatic heterocycles. The molecule has 0 bridgehead atoms. The molecule has 0 radical (unpaired) electrons. The molecule has 0 spiro atoms. The minimum absolute atomic E-state index is 0.147. The first-order chi connectivity index (χ1) is 13.7. The lowest BCUT2D eigenvalue weighted by Crippen LogP contribution is -2.11. The van der Waals surface area contributed by atoms with Crippen LogP contribution in [0.15, 0.2) is 96.0 Å². The minimum atomic E-state index is -0.235. The molecule has 136 valence electrons. The van der Waals surface area contributed by atoms with Gasteiger partial charge >= 0.3 is 0 Å². The van der Waals surface area contributed by atoms with Gasteiger partial charge in [-0.1, -0.05) is 60.7 Å². The molecule has 0 aromatic heterocycles. The van der Waals surface area contributed by atoms with Gasteiger partial charge in [0.1, 0.15) is 5.75 Å². The SMILES string of the molecule is O=C(Nc1ccccc1)c1ccccc1N=Cc1c(O)ccc2ccccc12. The van der Waals surface area contributed by atoms with Crippen molar-refractivity contribution in [3.63, 3.8) is 0 Å². The predicted octanol–water partition coefficient (Wildman–Crippen LogP) is 5.55. The van der Waals surface area contributed by atoms with E-state index in [-0.39, 0.29) is 11.7 Å². The number of hydrogen-bond acceptors (Lipinski definition) is 3. The zero-order chi connectivity index (χ0) is 19.3. The summed E-state index contributed by atoms with van der Waals surface area (Å²) in [6, 6.07) is 27.7. The van der Waals surface area contributed by atoms with Crippen LogP contribution in [0.3, 0.4) is 0 Å². The average Bonchev–Trinajstić information content (AvgIpc) is 2.74. The van der Waals surface area contributed by atoms with Crippen LogP contribution in [0.5, 0.6) is 5.75 Å². The fourth-order valence-corrected chi connectivity index (χ4v) is 3.05. The molecule has 28 heavy (non-hydrogen) atoms. The number of hydrogen-bond donors (Lipinski definition) is 2. The van der Waals surface area contributed by atoms with Crippen molar-refractivity contribution in [2.75, 3.05) is 5.32 Å². The normalized spacial score (nSPS) is 11.0. The van der Waals surface area contributed by atoms with Crippen molar-refractivity contribution in [3.05, 3.63) is 102 Å². The molecule has 0 unspecified atom stereocenters. The molecule has 0 aliphatic carbocycles. The zero-order valence-electron chi connectivity index (χ0n) is 15.0. The summed E-state index contributed by atoms with van der Waals surface area (Å²) in [7, 11) is 0. The number of aromatic hydroxyl groups is 1. The number of fused-ring (bicyclic) bond motifs is 1. The van der Waals surface area contributed by atoms with E-state index in [2.05, 4.69) is 10.3 Å². The molecule has 0 atom stereocenters. The molecule has 4 aromatic rings. The van der Waals surface area contributed by atoms with Gasteiger partial charge in [0.25, 0.3) is 5.91 Å². The van der Waals surface area contributed by atoms with Crippen molar-refractivity contribution >= 4 is 34.3 Å². The summed E-state index contributed by atoms with van der Waals surface area (Å²) in [5.74, 6) is -0.0882. The highest BCUT2D eigenvalue weighted by molar-refractivity contribution is 6.09. The van der Waals surface area contributed by atoms with Crippen LogP contribution in [0.2, 0.25) is 0 Å². The Bertz CT molecular complexity index is 1170. The zero-order valence-corrected chi connectivity index (χ0v) is 15.0. The maximum absolute atomic E-state index is 12.7. The van der Waals surface area contributed by atoms with E-state index in [0.717, 1.165) is 16.5 Å². The Balaban J connectivity index is 1.68. The number of phenols is 1. The number of carbonyl (C=O) groups excluding carboxylic acids is 1. The van der Waals surface area contributed by atoms with Crippen LogP contribution < -0.4 is 5.32 Å².